The molecular weight excluding hydrogens is 276 g/mol. The van der Waals surface area contributed by atoms with Crippen molar-refractivity contribution < 1.29 is 4.79 Å². The van der Waals surface area contributed by atoms with E-state index in [0.29, 0.717) is 0 Å². The monoisotopic (exact) mass is 298 g/mol. The summed E-state index contributed by atoms with van der Waals surface area (Å²) < 4.78 is 0. The van der Waals surface area contributed by atoms with Gasteiger partial charge >= 0.3 is 0 Å². The smallest absolute Gasteiger partial charge is 0.243 e. The van der Waals surface area contributed by atoms with E-state index >= 15 is 0 Å². The zero-order chi connectivity index (χ0) is 15.6. The highest BCUT2D eigenvalue weighted by Crippen LogP contribution is 2.45. The number of likely N-dealkylation sites (tertiary alicyclic amines) is 1. The summed E-state index contributed by atoms with van der Waals surface area (Å²) in [5, 5.41) is 0. The van der Waals surface area contributed by atoms with Crippen LogP contribution in [0.4, 0.5) is 0 Å². The number of nitrogens with one attached hydrogen (secondary N) is 1. The molecule has 5 nitrogen and oxygen atoms in total. The lowest BCUT2D eigenvalue weighted by Gasteiger charge is -2.50. The molecule has 1 aromatic carbocycles. The molecule has 0 aliphatic carbocycles. The average molecular weight is 298 g/mol. The van der Waals surface area contributed by atoms with Crippen molar-refractivity contribution in [2.24, 2.45) is 5.73 Å². The van der Waals surface area contributed by atoms with E-state index in [1.165, 1.54) is 0 Å². The summed E-state index contributed by atoms with van der Waals surface area (Å²) in [6.45, 7) is 3.86. The number of aromatic amines is 1. The van der Waals surface area contributed by atoms with Crippen LogP contribution in [0.1, 0.15) is 36.9 Å². The van der Waals surface area contributed by atoms with Crippen LogP contribution in [0.2, 0.25) is 0 Å². The maximum Gasteiger partial charge on any atom is 0.243 e. The van der Waals surface area contributed by atoms with Gasteiger partial charge in [0, 0.05) is 25.2 Å². The van der Waals surface area contributed by atoms with Crippen LogP contribution < -0.4 is 5.73 Å². The van der Waals surface area contributed by atoms with Crippen LogP contribution in [-0.2, 0) is 10.3 Å². The zero-order valence-electron chi connectivity index (χ0n) is 12.8. The van der Waals surface area contributed by atoms with Crippen molar-refractivity contribution in [1.29, 1.82) is 0 Å². The number of primary amides is 1. The number of H-pyrrole nitrogens is 1. The molecule has 2 unspecified atom stereocenters. The third-order valence-corrected chi connectivity index (χ3v) is 4.73. The summed E-state index contributed by atoms with van der Waals surface area (Å²) in [5.41, 5.74) is 6.99. The number of amides is 1. The average Bonchev–Trinajstić information content (AvgIpc) is 2.99. The van der Waals surface area contributed by atoms with E-state index in [2.05, 4.69) is 21.8 Å². The molecule has 3 rings (SSSR count). The molecule has 1 saturated heterocycles. The molecule has 2 atom stereocenters. The maximum atomic E-state index is 12.7. The Morgan fingerprint density at radius 1 is 1.41 bits per heavy atom. The predicted octanol–water partition coefficient (Wildman–Crippen LogP) is 1.99. The van der Waals surface area contributed by atoms with Crippen LogP contribution >= 0.6 is 0 Å². The Morgan fingerprint density at radius 2 is 2.14 bits per heavy atom. The molecule has 116 valence electrons. The number of hydrogen-bond acceptors (Lipinski definition) is 3. The summed E-state index contributed by atoms with van der Waals surface area (Å²) in [6, 6.07) is 9.88. The Morgan fingerprint density at radius 3 is 2.59 bits per heavy atom. The van der Waals surface area contributed by atoms with Gasteiger partial charge in [0.2, 0.25) is 5.91 Å². The van der Waals surface area contributed by atoms with Crippen molar-refractivity contribution in [3.8, 4) is 0 Å². The van der Waals surface area contributed by atoms with Gasteiger partial charge < -0.3 is 10.7 Å². The van der Waals surface area contributed by atoms with Crippen molar-refractivity contribution in [2.45, 2.75) is 31.2 Å². The molecule has 3 N–H and O–H groups in total. The molecule has 2 heterocycles. The molecule has 1 amide bonds. The lowest BCUT2D eigenvalue weighted by atomic mass is 9.71. The molecule has 1 aliphatic heterocycles. The standard InChI is InChI=1S/C17H22N4O/c1-2-14(15-11-19-12-20-15)17(16(18)22,21-9-6-10-21)13-7-4-3-5-8-13/h3-5,7-8,11-12,14H,2,6,9-10H2,1H3,(H2,18,22)(H,19,20). The largest absolute Gasteiger partial charge is 0.368 e. The van der Waals surface area contributed by atoms with Crippen molar-refractivity contribution in [3.63, 3.8) is 0 Å². The molecule has 1 aliphatic rings. The number of nitrogens with two attached hydrogens (primary N) is 1. The minimum Gasteiger partial charge on any atom is -0.368 e. The van der Waals surface area contributed by atoms with E-state index in [4.69, 9.17) is 5.73 Å². The fourth-order valence-electron chi connectivity index (χ4n) is 3.62. The normalized spacial score (nSPS) is 19.1. The molecule has 1 aromatic heterocycles. The van der Waals surface area contributed by atoms with Crippen LogP contribution in [0.5, 0.6) is 0 Å². The number of hydrogen-bond donors (Lipinski definition) is 2. The highest BCUT2D eigenvalue weighted by atomic mass is 16.1. The Kier molecular flexibility index (Phi) is 3.98. The van der Waals surface area contributed by atoms with E-state index < -0.39 is 5.54 Å². The Bertz CT molecular complexity index is 621. The number of imidazole rings is 1. The van der Waals surface area contributed by atoms with E-state index in [1.54, 1.807) is 6.33 Å². The van der Waals surface area contributed by atoms with Gasteiger partial charge in [0.15, 0.2) is 0 Å². The summed E-state index contributed by atoms with van der Waals surface area (Å²) in [4.78, 5) is 22.3. The van der Waals surface area contributed by atoms with Crippen LogP contribution in [0.25, 0.3) is 0 Å². The van der Waals surface area contributed by atoms with Gasteiger partial charge in [0.25, 0.3) is 0 Å². The van der Waals surface area contributed by atoms with E-state index in [-0.39, 0.29) is 11.8 Å². The molecule has 0 saturated carbocycles. The molecule has 2 aromatic rings. The van der Waals surface area contributed by atoms with Crippen LogP contribution in [-0.4, -0.2) is 33.9 Å². The molecule has 0 spiro atoms. The van der Waals surface area contributed by atoms with E-state index in [9.17, 15) is 4.79 Å². The van der Waals surface area contributed by atoms with Gasteiger partial charge in [0.1, 0.15) is 5.54 Å². The second-order valence-corrected chi connectivity index (χ2v) is 5.79. The second-order valence-electron chi connectivity index (χ2n) is 5.79. The van der Waals surface area contributed by atoms with Crippen LogP contribution in [0.3, 0.4) is 0 Å². The van der Waals surface area contributed by atoms with Gasteiger partial charge in [-0.2, -0.15) is 0 Å². The number of rotatable bonds is 6. The van der Waals surface area contributed by atoms with Gasteiger partial charge in [-0.25, -0.2) is 4.98 Å². The number of aromatic nitrogens is 2. The Labute approximate surface area is 130 Å². The molecule has 22 heavy (non-hydrogen) atoms. The first-order valence-electron chi connectivity index (χ1n) is 7.80. The van der Waals surface area contributed by atoms with E-state index in [1.807, 2.05) is 36.5 Å². The van der Waals surface area contributed by atoms with Crippen molar-refractivity contribution in [1.82, 2.24) is 14.9 Å². The SMILES string of the molecule is CCC(c1c[nH]cn1)C(C(N)=O)(c1ccccc1)N1CCC1. The number of carbonyl (C=O) groups is 1. The topological polar surface area (TPSA) is 75.0 Å². The lowest BCUT2D eigenvalue weighted by Crippen LogP contribution is -2.62. The molecule has 5 heteroatoms. The first-order valence-corrected chi connectivity index (χ1v) is 7.80. The van der Waals surface area contributed by atoms with Gasteiger partial charge in [-0.1, -0.05) is 37.3 Å². The lowest BCUT2D eigenvalue weighted by molar-refractivity contribution is -0.137. The number of nitrogens with zero attached hydrogens (tertiary/aromatic N) is 2. The predicted molar refractivity (Wildman–Crippen MR) is 85.1 cm³/mol. The quantitative estimate of drug-likeness (QED) is 0.856. The summed E-state index contributed by atoms with van der Waals surface area (Å²) >= 11 is 0. The van der Waals surface area contributed by atoms with Crippen molar-refractivity contribution >= 4 is 5.91 Å². The number of benzene rings is 1. The first-order chi connectivity index (χ1) is 10.7. The molecular formula is C17H22N4O. The summed E-state index contributed by atoms with van der Waals surface area (Å²) in [6.07, 6.45) is 5.41. The highest BCUT2D eigenvalue weighted by Gasteiger charge is 2.52. The van der Waals surface area contributed by atoms with E-state index in [0.717, 1.165) is 37.2 Å². The molecule has 1 fully saturated rings. The molecule has 0 radical (unpaired) electrons. The second kappa shape index (κ2) is 5.93. The van der Waals surface area contributed by atoms with Crippen LogP contribution in [0, 0.1) is 0 Å². The minimum atomic E-state index is -0.830. The van der Waals surface area contributed by atoms with Crippen molar-refractivity contribution in [2.75, 3.05) is 13.1 Å². The molecule has 0 bridgehead atoms. The fraction of sp³-hybridized carbons (Fsp3) is 0.412. The van der Waals surface area contributed by atoms with Crippen LogP contribution in [0.15, 0.2) is 42.9 Å². The van der Waals surface area contributed by atoms with Gasteiger partial charge in [-0.05, 0) is 18.4 Å². The zero-order valence-corrected chi connectivity index (χ0v) is 12.8. The highest BCUT2D eigenvalue weighted by molar-refractivity contribution is 5.87. The van der Waals surface area contributed by atoms with Gasteiger partial charge in [-0.3, -0.25) is 9.69 Å². The maximum absolute atomic E-state index is 12.7. The fourth-order valence-corrected chi connectivity index (χ4v) is 3.62. The minimum absolute atomic E-state index is 0.0704. The number of carbonyl (C=O) groups excluding carboxylic acids is 1. The Hall–Kier alpha value is -2.14. The summed E-state index contributed by atoms with van der Waals surface area (Å²) in [7, 11) is 0. The third kappa shape index (κ3) is 2.13. The Balaban J connectivity index is 2.18. The third-order valence-electron chi connectivity index (χ3n) is 4.73. The van der Waals surface area contributed by atoms with Crippen molar-refractivity contribution in [3.05, 3.63) is 54.1 Å². The first kappa shape index (κ1) is 14.8. The summed E-state index contributed by atoms with van der Waals surface area (Å²) in [5.74, 6) is -0.368. The van der Waals surface area contributed by atoms with Gasteiger partial charge in [0.05, 0.1) is 12.0 Å². The van der Waals surface area contributed by atoms with Gasteiger partial charge in [-0.15, -0.1) is 0 Å².